The molecule has 1 N–H and O–H groups in total. The molecule has 0 fully saturated rings. The number of aryl methyl sites for hydroxylation is 1. The Bertz CT molecular complexity index is 591. The maximum atomic E-state index is 12.1. The highest BCUT2D eigenvalue weighted by Crippen LogP contribution is 2.30. The van der Waals surface area contributed by atoms with Crippen LogP contribution in [-0.2, 0) is 0 Å². The number of phenols is 1. The fourth-order valence-electron chi connectivity index (χ4n) is 1.71. The molecule has 0 saturated carbocycles. The van der Waals surface area contributed by atoms with Crippen molar-refractivity contribution in [1.82, 2.24) is 0 Å². The molecule has 2 nitrogen and oxygen atoms in total. The van der Waals surface area contributed by atoms with Crippen molar-refractivity contribution in [2.45, 2.75) is 13.3 Å². The first-order valence-electron chi connectivity index (χ1n) is 5.51. The smallest absolute Gasteiger partial charge is 0.508 e. The molecule has 2 aromatic rings. The van der Waals surface area contributed by atoms with Gasteiger partial charge in [0.25, 0.3) is 0 Å². The Morgan fingerprint density at radius 1 is 1.00 bits per heavy atom. The second kappa shape index (κ2) is 4.84. The first-order valence-corrected chi connectivity index (χ1v) is 5.51. The van der Waals surface area contributed by atoms with Crippen LogP contribution in [0.2, 0.25) is 0 Å². The van der Waals surface area contributed by atoms with Crippen molar-refractivity contribution in [3.8, 4) is 22.6 Å². The molecule has 0 aliphatic rings. The minimum Gasteiger partial charge on any atom is -0.508 e. The van der Waals surface area contributed by atoms with Crippen LogP contribution in [0.3, 0.4) is 0 Å². The number of hydrogen-bond acceptors (Lipinski definition) is 2. The summed E-state index contributed by atoms with van der Waals surface area (Å²) < 4.78 is 40.3. The summed E-state index contributed by atoms with van der Waals surface area (Å²) in [6.45, 7) is 1.72. The lowest BCUT2D eigenvalue weighted by atomic mass is 10.0. The number of rotatable bonds is 2. The van der Waals surface area contributed by atoms with E-state index in [-0.39, 0.29) is 11.5 Å². The van der Waals surface area contributed by atoms with Crippen LogP contribution in [0.5, 0.6) is 11.5 Å². The molecule has 5 heteroatoms. The quantitative estimate of drug-likeness (QED) is 0.881. The zero-order valence-corrected chi connectivity index (χ0v) is 10.0. The third-order valence-corrected chi connectivity index (χ3v) is 2.60. The zero-order valence-electron chi connectivity index (χ0n) is 10.0. The molecule has 0 atom stereocenters. The van der Waals surface area contributed by atoms with E-state index in [1.54, 1.807) is 25.1 Å². The van der Waals surface area contributed by atoms with Gasteiger partial charge in [0.1, 0.15) is 11.5 Å². The topological polar surface area (TPSA) is 29.5 Å². The Labute approximate surface area is 108 Å². The molecule has 0 amide bonds. The Morgan fingerprint density at radius 3 is 2.32 bits per heavy atom. The molecule has 0 aliphatic heterocycles. The summed E-state index contributed by atoms with van der Waals surface area (Å²) in [5, 5.41) is 9.42. The minimum absolute atomic E-state index is 0.145. The van der Waals surface area contributed by atoms with Gasteiger partial charge in [-0.1, -0.05) is 18.2 Å². The van der Waals surface area contributed by atoms with E-state index < -0.39 is 6.36 Å². The van der Waals surface area contributed by atoms with Gasteiger partial charge in [-0.25, -0.2) is 0 Å². The standard InChI is InChI=1S/C14H11F3O2/c1-9-7-11(5-6-13(9)18)10-3-2-4-12(8-10)19-14(15,16)17/h2-8,18H,1H3. The third kappa shape index (κ3) is 3.40. The van der Waals surface area contributed by atoms with E-state index in [4.69, 9.17) is 0 Å². The lowest BCUT2D eigenvalue weighted by Crippen LogP contribution is -2.17. The van der Waals surface area contributed by atoms with E-state index in [2.05, 4.69) is 4.74 Å². The van der Waals surface area contributed by atoms with Crippen LogP contribution in [0.4, 0.5) is 13.2 Å². The van der Waals surface area contributed by atoms with Crippen molar-refractivity contribution >= 4 is 0 Å². The van der Waals surface area contributed by atoms with Gasteiger partial charge < -0.3 is 9.84 Å². The maximum absolute atomic E-state index is 12.1. The number of alkyl halides is 3. The Balaban J connectivity index is 2.35. The minimum atomic E-state index is -4.70. The number of aromatic hydroxyl groups is 1. The van der Waals surface area contributed by atoms with Crippen LogP contribution >= 0.6 is 0 Å². The number of benzene rings is 2. The summed E-state index contributed by atoms with van der Waals surface area (Å²) in [5.41, 5.74) is 1.95. The van der Waals surface area contributed by atoms with E-state index in [0.717, 1.165) is 0 Å². The molecule has 100 valence electrons. The third-order valence-electron chi connectivity index (χ3n) is 2.60. The molecule has 0 radical (unpaired) electrons. The van der Waals surface area contributed by atoms with Gasteiger partial charge in [-0.2, -0.15) is 0 Å². The highest BCUT2D eigenvalue weighted by atomic mass is 19.4. The van der Waals surface area contributed by atoms with E-state index in [1.807, 2.05) is 0 Å². The second-order valence-electron chi connectivity index (χ2n) is 4.08. The summed E-state index contributed by atoms with van der Waals surface area (Å²) in [7, 11) is 0. The summed E-state index contributed by atoms with van der Waals surface area (Å²) >= 11 is 0. The van der Waals surface area contributed by atoms with Gasteiger partial charge in [0, 0.05) is 0 Å². The molecule has 0 spiro atoms. The lowest BCUT2D eigenvalue weighted by molar-refractivity contribution is -0.274. The van der Waals surface area contributed by atoms with E-state index >= 15 is 0 Å². The van der Waals surface area contributed by atoms with Crippen LogP contribution in [0.1, 0.15) is 5.56 Å². The Hall–Kier alpha value is -2.17. The van der Waals surface area contributed by atoms with Crippen molar-refractivity contribution in [2.24, 2.45) is 0 Å². The van der Waals surface area contributed by atoms with Crippen LogP contribution in [0.25, 0.3) is 11.1 Å². The molecule has 0 aromatic heterocycles. The first-order chi connectivity index (χ1) is 8.85. The molecule has 0 saturated heterocycles. The van der Waals surface area contributed by atoms with Gasteiger partial charge >= 0.3 is 6.36 Å². The van der Waals surface area contributed by atoms with Crippen LogP contribution in [0, 0.1) is 6.92 Å². The Kier molecular flexibility index (Phi) is 3.38. The Morgan fingerprint density at radius 2 is 1.68 bits per heavy atom. The normalized spacial score (nSPS) is 11.4. The summed E-state index contributed by atoms with van der Waals surface area (Å²) in [6, 6.07) is 10.5. The van der Waals surface area contributed by atoms with Crippen molar-refractivity contribution in [2.75, 3.05) is 0 Å². The average Bonchev–Trinajstić information content (AvgIpc) is 2.31. The van der Waals surface area contributed by atoms with Gasteiger partial charge in [0.2, 0.25) is 0 Å². The van der Waals surface area contributed by atoms with E-state index in [9.17, 15) is 18.3 Å². The largest absolute Gasteiger partial charge is 0.573 e. The molecule has 0 bridgehead atoms. The zero-order chi connectivity index (χ0) is 14.0. The number of phenolic OH excluding ortho intramolecular Hbond substituents is 1. The van der Waals surface area contributed by atoms with E-state index in [1.165, 1.54) is 24.3 Å². The highest BCUT2D eigenvalue weighted by molar-refractivity contribution is 5.66. The molecular formula is C14H11F3O2. The highest BCUT2D eigenvalue weighted by Gasteiger charge is 2.31. The molecule has 0 heterocycles. The van der Waals surface area contributed by atoms with Crippen LogP contribution in [-0.4, -0.2) is 11.5 Å². The number of halogens is 3. The van der Waals surface area contributed by atoms with Gasteiger partial charge in [0.15, 0.2) is 0 Å². The average molecular weight is 268 g/mol. The maximum Gasteiger partial charge on any atom is 0.573 e. The van der Waals surface area contributed by atoms with Gasteiger partial charge in [-0.3, -0.25) is 0 Å². The van der Waals surface area contributed by atoms with Crippen molar-refractivity contribution in [1.29, 1.82) is 0 Å². The molecule has 19 heavy (non-hydrogen) atoms. The SMILES string of the molecule is Cc1cc(-c2cccc(OC(F)(F)F)c2)ccc1O. The molecular weight excluding hydrogens is 257 g/mol. The summed E-state index contributed by atoms with van der Waals surface area (Å²) in [4.78, 5) is 0. The first kappa shape index (κ1) is 13.3. The van der Waals surface area contributed by atoms with Crippen LogP contribution in [0.15, 0.2) is 42.5 Å². The fraction of sp³-hybridized carbons (Fsp3) is 0.143. The number of ether oxygens (including phenoxy) is 1. The molecule has 0 unspecified atom stereocenters. The van der Waals surface area contributed by atoms with Crippen molar-refractivity contribution in [3.05, 3.63) is 48.0 Å². The predicted octanol–water partition coefficient (Wildman–Crippen LogP) is 4.27. The van der Waals surface area contributed by atoms with Gasteiger partial charge in [-0.15, -0.1) is 13.2 Å². The molecule has 0 aliphatic carbocycles. The monoisotopic (exact) mass is 268 g/mol. The van der Waals surface area contributed by atoms with Crippen molar-refractivity contribution < 1.29 is 23.0 Å². The van der Waals surface area contributed by atoms with Gasteiger partial charge in [-0.05, 0) is 47.9 Å². The molecule has 2 rings (SSSR count). The van der Waals surface area contributed by atoms with Gasteiger partial charge in [0.05, 0.1) is 0 Å². The predicted molar refractivity (Wildman–Crippen MR) is 65.0 cm³/mol. The second-order valence-corrected chi connectivity index (χ2v) is 4.08. The fourth-order valence-corrected chi connectivity index (χ4v) is 1.71. The van der Waals surface area contributed by atoms with E-state index in [0.29, 0.717) is 16.7 Å². The van der Waals surface area contributed by atoms with Crippen molar-refractivity contribution in [3.63, 3.8) is 0 Å². The summed E-state index contributed by atoms with van der Waals surface area (Å²) in [6.07, 6.45) is -4.70. The molecule has 2 aromatic carbocycles. The number of hydrogen-bond donors (Lipinski definition) is 1. The lowest BCUT2D eigenvalue weighted by Gasteiger charge is -2.10. The summed E-state index contributed by atoms with van der Waals surface area (Å²) in [5.74, 6) is -0.123. The van der Waals surface area contributed by atoms with Crippen LogP contribution < -0.4 is 4.74 Å².